The lowest BCUT2D eigenvalue weighted by Crippen LogP contribution is -2.38. The smallest absolute Gasteiger partial charge is 0.255 e. The number of Topliss-reactive ketones (excluding diaryl/α,β-unsaturated/α-hetero) is 1. The zero-order valence-electron chi connectivity index (χ0n) is 14.5. The molecule has 1 fully saturated rings. The number of nitrogens with zero attached hydrogens (tertiary/aromatic N) is 1. The Morgan fingerprint density at radius 2 is 1.50 bits per heavy atom. The number of likely N-dealkylation sites (tertiary alicyclic amines) is 1. The lowest BCUT2D eigenvalue weighted by molar-refractivity contribution is -0.120. The summed E-state index contributed by atoms with van der Waals surface area (Å²) in [6, 6.07) is 13.6. The number of amides is 2. The third-order valence-corrected chi connectivity index (χ3v) is 4.35. The van der Waals surface area contributed by atoms with Crippen molar-refractivity contribution in [1.82, 2.24) is 4.90 Å². The number of hydrogen-bond acceptors (Lipinski definition) is 4. The normalized spacial score (nSPS) is 14.0. The van der Waals surface area contributed by atoms with E-state index >= 15 is 0 Å². The van der Waals surface area contributed by atoms with Crippen LogP contribution in [0.5, 0.6) is 5.75 Å². The molecule has 1 saturated heterocycles. The molecule has 0 radical (unpaired) electrons. The van der Waals surface area contributed by atoms with Gasteiger partial charge in [-0.05, 0) is 48.5 Å². The molecule has 2 aromatic rings. The van der Waals surface area contributed by atoms with Crippen molar-refractivity contribution in [3.05, 3.63) is 59.7 Å². The Morgan fingerprint density at radius 3 is 2.08 bits per heavy atom. The van der Waals surface area contributed by atoms with Crippen molar-refractivity contribution in [2.45, 2.75) is 12.8 Å². The number of carbonyl (C=O) groups excluding carboxylic acids is 3. The first-order chi connectivity index (χ1) is 12.6. The number of nitrogens with one attached hydrogen (secondary N) is 1. The van der Waals surface area contributed by atoms with Crippen molar-refractivity contribution in [3.8, 4) is 5.75 Å². The van der Waals surface area contributed by atoms with E-state index in [1.54, 1.807) is 60.5 Å². The first-order valence-corrected chi connectivity index (χ1v) is 8.43. The molecule has 2 amide bonds. The predicted octanol–water partition coefficient (Wildman–Crippen LogP) is 2.75. The molecule has 0 saturated carbocycles. The number of piperidine rings is 1. The fourth-order valence-corrected chi connectivity index (χ4v) is 2.78. The molecule has 1 N–H and O–H groups in total. The molecule has 0 bridgehead atoms. The van der Waals surface area contributed by atoms with Crippen LogP contribution in [0.1, 0.15) is 33.6 Å². The molecule has 3 rings (SSSR count). The highest BCUT2D eigenvalue weighted by molar-refractivity contribution is 6.05. The molecule has 0 aliphatic carbocycles. The third-order valence-electron chi connectivity index (χ3n) is 4.35. The van der Waals surface area contributed by atoms with E-state index in [0.29, 0.717) is 48.5 Å². The van der Waals surface area contributed by atoms with E-state index in [0.717, 1.165) is 0 Å². The molecule has 6 heteroatoms. The van der Waals surface area contributed by atoms with Crippen LogP contribution in [-0.2, 0) is 4.79 Å². The maximum Gasteiger partial charge on any atom is 0.255 e. The number of anilines is 1. The largest absolute Gasteiger partial charge is 0.497 e. The van der Waals surface area contributed by atoms with E-state index in [-0.39, 0.29) is 17.6 Å². The summed E-state index contributed by atoms with van der Waals surface area (Å²) in [5.74, 6) is 0.544. The number of hydrogen-bond donors (Lipinski definition) is 1. The Balaban J connectivity index is 1.63. The molecular weight excluding hydrogens is 332 g/mol. The topological polar surface area (TPSA) is 75.7 Å². The Labute approximate surface area is 151 Å². The molecular formula is C20H20N2O4. The van der Waals surface area contributed by atoms with Crippen LogP contribution in [0.15, 0.2) is 48.5 Å². The van der Waals surface area contributed by atoms with Gasteiger partial charge in [0.15, 0.2) is 0 Å². The van der Waals surface area contributed by atoms with E-state index in [1.807, 2.05) is 0 Å². The minimum absolute atomic E-state index is 0.111. The quantitative estimate of drug-likeness (QED) is 0.918. The van der Waals surface area contributed by atoms with Crippen molar-refractivity contribution >= 4 is 23.3 Å². The van der Waals surface area contributed by atoms with Crippen molar-refractivity contribution in [2.24, 2.45) is 0 Å². The maximum absolute atomic E-state index is 12.4. The second kappa shape index (κ2) is 7.82. The lowest BCUT2D eigenvalue weighted by Gasteiger charge is -2.26. The molecule has 1 heterocycles. The SMILES string of the molecule is COc1ccc(NC(=O)c2ccc(C(=O)N3CCC(=O)CC3)cc2)cc1. The molecule has 0 unspecified atom stereocenters. The molecule has 0 spiro atoms. The molecule has 134 valence electrons. The first-order valence-electron chi connectivity index (χ1n) is 8.43. The molecule has 26 heavy (non-hydrogen) atoms. The highest BCUT2D eigenvalue weighted by Gasteiger charge is 2.21. The van der Waals surface area contributed by atoms with Crippen LogP contribution in [0.3, 0.4) is 0 Å². The van der Waals surface area contributed by atoms with Crippen LogP contribution >= 0.6 is 0 Å². The summed E-state index contributed by atoms with van der Waals surface area (Å²) in [7, 11) is 1.58. The van der Waals surface area contributed by atoms with Crippen LogP contribution in [-0.4, -0.2) is 42.7 Å². The van der Waals surface area contributed by atoms with Gasteiger partial charge in [-0.1, -0.05) is 0 Å². The fourth-order valence-electron chi connectivity index (χ4n) is 2.78. The van der Waals surface area contributed by atoms with Crippen LogP contribution in [0, 0.1) is 0 Å². The van der Waals surface area contributed by atoms with Gasteiger partial charge in [-0.25, -0.2) is 0 Å². The average Bonchev–Trinajstić information content (AvgIpc) is 2.69. The number of ether oxygens (including phenoxy) is 1. The summed E-state index contributed by atoms with van der Waals surface area (Å²) in [5.41, 5.74) is 1.64. The molecule has 1 aliphatic heterocycles. The second-order valence-corrected chi connectivity index (χ2v) is 6.09. The van der Waals surface area contributed by atoms with Crippen LogP contribution < -0.4 is 10.1 Å². The summed E-state index contributed by atoms with van der Waals surface area (Å²) < 4.78 is 5.08. The van der Waals surface area contributed by atoms with E-state index in [9.17, 15) is 14.4 Å². The van der Waals surface area contributed by atoms with Crippen molar-refractivity contribution in [3.63, 3.8) is 0 Å². The Kier molecular flexibility index (Phi) is 5.31. The predicted molar refractivity (Wildman–Crippen MR) is 97.5 cm³/mol. The Hall–Kier alpha value is -3.15. The van der Waals surface area contributed by atoms with Crippen molar-refractivity contribution in [2.75, 3.05) is 25.5 Å². The van der Waals surface area contributed by atoms with Gasteiger partial charge < -0.3 is 15.0 Å². The summed E-state index contributed by atoms with van der Waals surface area (Å²) in [4.78, 5) is 37.7. The van der Waals surface area contributed by atoms with E-state index < -0.39 is 0 Å². The van der Waals surface area contributed by atoms with Gasteiger partial charge in [-0.15, -0.1) is 0 Å². The summed E-state index contributed by atoms with van der Waals surface area (Å²) in [6.45, 7) is 0.911. The van der Waals surface area contributed by atoms with Gasteiger partial charge in [0.1, 0.15) is 11.5 Å². The Bertz CT molecular complexity index is 803. The Morgan fingerprint density at radius 1 is 0.923 bits per heavy atom. The zero-order valence-corrected chi connectivity index (χ0v) is 14.5. The third kappa shape index (κ3) is 4.08. The van der Waals surface area contributed by atoms with E-state index in [2.05, 4.69) is 5.32 Å². The fraction of sp³-hybridized carbons (Fsp3) is 0.250. The number of rotatable bonds is 4. The standard InChI is InChI=1S/C20H20N2O4/c1-26-18-8-6-16(7-9-18)21-19(24)14-2-4-15(5-3-14)20(25)22-12-10-17(23)11-13-22/h2-9H,10-13H2,1H3,(H,21,24). The lowest BCUT2D eigenvalue weighted by atomic mass is 10.1. The summed E-state index contributed by atoms with van der Waals surface area (Å²) in [6.07, 6.45) is 0.822. The van der Waals surface area contributed by atoms with Crippen LogP contribution in [0.25, 0.3) is 0 Å². The molecule has 1 aliphatic rings. The van der Waals surface area contributed by atoms with Gasteiger partial charge in [-0.3, -0.25) is 14.4 Å². The van der Waals surface area contributed by atoms with Crippen molar-refractivity contribution in [1.29, 1.82) is 0 Å². The highest BCUT2D eigenvalue weighted by Crippen LogP contribution is 2.17. The van der Waals surface area contributed by atoms with Gasteiger partial charge in [-0.2, -0.15) is 0 Å². The average molecular weight is 352 g/mol. The minimum atomic E-state index is -0.252. The van der Waals surface area contributed by atoms with Crippen molar-refractivity contribution < 1.29 is 19.1 Å². The number of methoxy groups -OCH3 is 1. The molecule has 0 atom stereocenters. The van der Waals surface area contributed by atoms with Gasteiger partial charge in [0, 0.05) is 42.7 Å². The van der Waals surface area contributed by atoms with Crippen LogP contribution in [0.2, 0.25) is 0 Å². The van der Waals surface area contributed by atoms with Crippen LogP contribution in [0.4, 0.5) is 5.69 Å². The molecule has 6 nitrogen and oxygen atoms in total. The number of ketones is 1. The van der Waals surface area contributed by atoms with Gasteiger partial charge in [0.25, 0.3) is 11.8 Å². The number of benzene rings is 2. The monoisotopic (exact) mass is 352 g/mol. The summed E-state index contributed by atoms with van der Waals surface area (Å²) >= 11 is 0. The molecule has 2 aromatic carbocycles. The minimum Gasteiger partial charge on any atom is -0.497 e. The summed E-state index contributed by atoms with van der Waals surface area (Å²) in [5, 5.41) is 2.80. The van der Waals surface area contributed by atoms with Gasteiger partial charge in [0.05, 0.1) is 7.11 Å². The second-order valence-electron chi connectivity index (χ2n) is 6.09. The van der Waals surface area contributed by atoms with E-state index in [1.165, 1.54) is 0 Å². The highest BCUT2D eigenvalue weighted by atomic mass is 16.5. The zero-order chi connectivity index (χ0) is 18.5. The maximum atomic E-state index is 12.4. The molecule has 0 aromatic heterocycles. The van der Waals surface area contributed by atoms with Gasteiger partial charge >= 0.3 is 0 Å². The van der Waals surface area contributed by atoms with Gasteiger partial charge in [0.2, 0.25) is 0 Å². The number of carbonyl (C=O) groups is 3. The first kappa shape index (κ1) is 17.7. The van der Waals surface area contributed by atoms with E-state index in [4.69, 9.17) is 4.74 Å².